The number of aryl methyl sites for hydroxylation is 1. The minimum atomic E-state index is -0.380. The van der Waals surface area contributed by atoms with E-state index in [0.29, 0.717) is 0 Å². The molecule has 1 fully saturated rings. The first-order valence-electron chi connectivity index (χ1n) is 5.97. The Morgan fingerprint density at radius 1 is 1.44 bits per heavy atom. The van der Waals surface area contributed by atoms with Gasteiger partial charge < -0.3 is 10.6 Å². The molecule has 3 nitrogen and oxygen atoms in total. The number of halogens is 2. The van der Waals surface area contributed by atoms with Crippen molar-refractivity contribution in [3.8, 4) is 0 Å². The highest BCUT2D eigenvalue weighted by Crippen LogP contribution is 2.16. The van der Waals surface area contributed by atoms with Gasteiger partial charge in [-0.2, -0.15) is 0 Å². The van der Waals surface area contributed by atoms with Crippen LogP contribution in [0.2, 0.25) is 0 Å². The van der Waals surface area contributed by atoms with Crippen LogP contribution in [0.1, 0.15) is 24.8 Å². The Hall–Kier alpha value is -1.13. The molecule has 1 saturated heterocycles. The molecule has 1 unspecified atom stereocenters. The summed E-state index contributed by atoms with van der Waals surface area (Å²) in [6.07, 6.45) is 2.96. The van der Waals surface area contributed by atoms with Crippen molar-refractivity contribution in [3.63, 3.8) is 0 Å². The van der Waals surface area contributed by atoms with Crippen molar-refractivity contribution in [2.75, 3.05) is 11.9 Å². The summed E-state index contributed by atoms with van der Waals surface area (Å²) in [6.45, 7) is 2.67. The number of hydrogen-bond donors (Lipinski definition) is 2. The smallest absolute Gasteiger partial charge is 0.241 e. The van der Waals surface area contributed by atoms with Crippen LogP contribution in [0.5, 0.6) is 0 Å². The second kappa shape index (κ2) is 6.71. The van der Waals surface area contributed by atoms with Crippen LogP contribution < -0.4 is 10.6 Å². The average Bonchev–Trinajstić information content (AvgIpc) is 2.34. The molecule has 1 amide bonds. The van der Waals surface area contributed by atoms with Gasteiger partial charge in [0.15, 0.2) is 0 Å². The van der Waals surface area contributed by atoms with Gasteiger partial charge in [-0.1, -0.05) is 12.5 Å². The zero-order chi connectivity index (χ0) is 12.3. The lowest BCUT2D eigenvalue weighted by Gasteiger charge is -2.22. The second-order valence-electron chi connectivity index (χ2n) is 4.48. The lowest BCUT2D eigenvalue weighted by atomic mass is 10.0. The Morgan fingerprint density at radius 3 is 2.83 bits per heavy atom. The predicted molar refractivity (Wildman–Crippen MR) is 72.7 cm³/mol. The summed E-state index contributed by atoms with van der Waals surface area (Å²) in [5, 5.41) is 5.77. The first kappa shape index (κ1) is 14.9. The van der Waals surface area contributed by atoms with E-state index in [4.69, 9.17) is 0 Å². The number of piperidine rings is 1. The summed E-state index contributed by atoms with van der Waals surface area (Å²) < 4.78 is 13.5. The topological polar surface area (TPSA) is 41.1 Å². The molecule has 1 aliphatic rings. The fraction of sp³-hybridized carbons (Fsp3) is 0.462. The van der Waals surface area contributed by atoms with Crippen LogP contribution in [-0.2, 0) is 4.79 Å². The highest BCUT2D eigenvalue weighted by molar-refractivity contribution is 5.95. The molecule has 1 aromatic rings. The minimum Gasteiger partial charge on any atom is -0.322 e. The fourth-order valence-electron chi connectivity index (χ4n) is 2.02. The number of carbonyl (C=O) groups is 1. The third-order valence-electron chi connectivity index (χ3n) is 3.01. The van der Waals surface area contributed by atoms with Crippen LogP contribution >= 0.6 is 12.4 Å². The first-order chi connectivity index (χ1) is 8.16. The van der Waals surface area contributed by atoms with E-state index in [0.717, 1.165) is 31.4 Å². The largest absolute Gasteiger partial charge is 0.322 e. The number of anilines is 1. The van der Waals surface area contributed by atoms with E-state index < -0.39 is 0 Å². The summed E-state index contributed by atoms with van der Waals surface area (Å²) >= 11 is 0. The van der Waals surface area contributed by atoms with Crippen LogP contribution in [0.15, 0.2) is 18.2 Å². The molecule has 100 valence electrons. The molecule has 0 spiro atoms. The fourth-order valence-corrected chi connectivity index (χ4v) is 2.02. The highest BCUT2D eigenvalue weighted by atomic mass is 35.5. The van der Waals surface area contributed by atoms with Gasteiger partial charge in [0.25, 0.3) is 0 Å². The number of benzene rings is 1. The number of rotatable bonds is 2. The molecule has 1 heterocycles. The van der Waals surface area contributed by atoms with Crippen molar-refractivity contribution in [3.05, 3.63) is 29.6 Å². The lowest BCUT2D eigenvalue weighted by molar-refractivity contribution is -0.118. The predicted octanol–water partition coefficient (Wildman–Crippen LogP) is 2.64. The van der Waals surface area contributed by atoms with E-state index in [1.807, 2.05) is 6.92 Å². The number of carbonyl (C=O) groups excluding carboxylic acids is 1. The minimum absolute atomic E-state index is 0. The first-order valence-corrected chi connectivity index (χ1v) is 5.97. The monoisotopic (exact) mass is 272 g/mol. The SMILES string of the molecule is Cc1ccc(NC(=O)C2CCCCN2)c(F)c1.Cl. The maximum absolute atomic E-state index is 13.5. The van der Waals surface area contributed by atoms with Gasteiger partial charge in [0.1, 0.15) is 5.82 Å². The highest BCUT2D eigenvalue weighted by Gasteiger charge is 2.21. The Labute approximate surface area is 113 Å². The van der Waals surface area contributed by atoms with Gasteiger partial charge in [-0.05, 0) is 44.0 Å². The van der Waals surface area contributed by atoms with E-state index in [2.05, 4.69) is 10.6 Å². The molecule has 1 aliphatic heterocycles. The van der Waals surface area contributed by atoms with Gasteiger partial charge in [0, 0.05) is 0 Å². The lowest BCUT2D eigenvalue weighted by Crippen LogP contribution is -2.43. The molecule has 5 heteroatoms. The van der Waals surface area contributed by atoms with Gasteiger partial charge in [-0.3, -0.25) is 4.79 Å². The molecule has 0 aliphatic carbocycles. The van der Waals surface area contributed by atoms with Crippen LogP contribution in [0.3, 0.4) is 0 Å². The molecule has 2 N–H and O–H groups in total. The summed E-state index contributed by atoms with van der Waals surface area (Å²) in [4.78, 5) is 11.9. The van der Waals surface area contributed by atoms with Gasteiger partial charge in [-0.15, -0.1) is 12.4 Å². The van der Waals surface area contributed by atoms with E-state index in [-0.39, 0.29) is 35.9 Å². The number of amides is 1. The van der Waals surface area contributed by atoms with Crippen LogP contribution in [0.25, 0.3) is 0 Å². The van der Waals surface area contributed by atoms with E-state index >= 15 is 0 Å². The summed E-state index contributed by atoms with van der Waals surface area (Å²) in [5.74, 6) is -0.526. The molecule has 2 rings (SSSR count). The van der Waals surface area contributed by atoms with E-state index in [9.17, 15) is 9.18 Å². The molecule has 0 bridgehead atoms. The van der Waals surface area contributed by atoms with Gasteiger partial charge in [0.05, 0.1) is 11.7 Å². The molecular formula is C13H18ClFN2O. The van der Waals surface area contributed by atoms with Crippen molar-refractivity contribution in [1.82, 2.24) is 5.32 Å². The Kier molecular flexibility index (Phi) is 5.56. The third-order valence-corrected chi connectivity index (χ3v) is 3.01. The molecule has 0 radical (unpaired) electrons. The maximum Gasteiger partial charge on any atom is 0.241 e. The van der Waals surface area contributed by atoms with Crippen LogP contribution in [0.4, 0.5) is 10.1 Å². The molecular weight excluding hydrogens is 255 g/mol. The van der Waals surface area contributed by atoms with Gasteiger partial charge in [-0.25, -0.2) is 4.39 Å². The molecule has 1 aromatic carbocycles. The summed E-state index contributed by atoms with van der Waals surface area (Å²) in [5.41, 5.74) is 1.10. The van der Waals surface area contributed by atoms with Crippen molar-refractivity contribution in [2.45, 2.75) is 32.2 Å². The van der Waals surface area contributed by atoms with E-state index in [1.165, 1.54) is 6.07 Å². The average molecular weight is 273 g/mol. The summed E-state index contributed by atoms with van der Waals surface area (Å²) in [7, 11) is 0. The van der Waals surface area contributed by atoms with E-state index in [1.54, 1.807) is 12.1 Å². The molecule has 1 atom stereocenters. The normalized spacial score (nSPS) is 18.9. The van der Waals surface area contributed by atoms with Gasteiger partial charge >= 0.3 is 0 Å². The Morgan fingerprint density at radius 2 is 2.22 bits per heavy atom. The van der Waals surface area contributed by atoms with Gasteiger partial charge in [0.2, 0.25) is 5.91 Å². The van der Waals surface area contributed by atoms with Crippen molar-refractivity contribution in [2.24, 2.45) is 0 Å². The van der Waals surface area contributed by atoms with Crippen molar-refractivity contribution >= 4 is 24.0 Å². The Bertz CT molecular complexity index is 419. The summed E-state index contributed by atoms with van der Waals surface area (Å²) in [6, 6.07) is 4.62. The maximum atomic E-state index is 13.5. The van der Waals surface area contributed by atoms with Crippen LogP contribution in [0, 0.1) is 12.7 Å². The van der Waals surface area contributed by atoms with Crippen molar-refractivity contribution in [1.29, 1.82) is 0 Å². The second-order valence-corrected chi connectivity index (χ2v) is 4.48. The number of nitrogens with one attached hydrogen (secondary N) is 2. The van der Waals surface area contributed by atoms with Crippen LogP contribution in [-0.4, -0.2) is 18.5 Å². The molecule has 0 saturated carbocycles. The quantitative estimate of drug-likeness (QED) is 0.869. The zero-order valence-electron chi connectivity index (χ0n) is 10.3. The third kappa shape index (κ3) is 3.68. The molecule has 0 aromatic heterocycles. The standard InChI is InChI=1S/C13H17FN2O.ClH/c1-9-5-6-11(10(14)8-9)16-13(17)12-4-2-3-7-15-12;/h5-6,8,12,15H,2-4,7H2,1H3,(H,16,17);1H. The van der Waals surface area contributed by atoms with Crippen molar-refractivity contribution < 1.29 is 9.18 Å². The zero-order valence-corrected chi connectivity index (χ0v) is 11.1. The molecule has 18 heavy (non-hydrogen) atoms. The Balaban J connectivity index is 0.00000162. The number of hydrogen-bond acceptors (Lipinski definition) is 2.